The molecule has 4 nitrogen and oxygen atoms in total. The average molecular weight is 221 g/mol. The fourth-order valence-electron chi connectivity index (χ4n) is 1.60. The lowest BCUT2D eigenvalue weighted by atomic mass is 10.2. The number of carbonyl (C=O) groups is 1. The molecule has 0 spiro atoms. The number of rotatable bonds is 4. The summed E-state index contributed by atoms with van der Waals surface area (Å²) in [6.45, 7) is 3.76. The van der Waals surface area contributed by atoms with E-state index in [4.69, 9.17) is 9.47 Å². The molecule has 1 heterocycles. The van der Waals surface area contributed by atoms with E-state index in [0.717, 1.165) is 32.6 Å². The number of hydrogen-bond acceptors (Lipinski definition) is 4. The first kappa shape index (κ1) is 11.1. The van der Waals surface area contributed by atoms with Gasteiger partial charge in [-0.05, 0) is 12.1 Å². The molecule has 0 unspecified atom stereocenters. The van der Waals surface area contributed by atoms with Crippen LogP contribution in [0.2, 0.25) is 0 Å². The average Bonchev–Trinajstić information content (AvgIpc) is 2.38. The highest BCUT2D eigenvalue weighted by Gasteiger charge is 2.11. The van der Waals surface area contributed by atoms with Crippen LogP contribution in [0.25, 0.3) is 0 Å². The molecule has 0 radical (unpaired) electrons. The van der Waals surface area contributed by atoms with Crippen LogP contribution < -0.4 is 4.74 Å². The van der Waals surface area contributed by atoms with Crippen molar-refractivity contribution in [3.8, 4) is 5.75 Å². The molecule has 0 atom stereocenters. The van der Waals surface area contributed by atoms with Crippen molar-refractivity contribution < 1.29 is 14.3 Å². The predicted molar refractivity (Wildman–Crippen MR) is 59.7 cm³/mol. The van der Waals surface area contributed by atoms with E-state index in [1.54, 1.807) is 6.07 Å². The van der Waals surface area contributed by atoms with Crippen LogP contribution in [0.1, 0.15) is 10.4 Å². The molecule has 0 N–H and O–H groups in total. The van der Waals surface area contributed by atoms with Crippen molar-refractivity contribution in [3.05, 3.63) is 29.8 Å². The summed E-state index contributed by atoms with van der Waals surface area (Å²) in [6.07, 6.45) is 0.814. The molecule has 0 bridgehead atoms. The summed E-state index contributed by atoms with van der Waals surface area (Å²) < 4.78 is 10.8. The van der Waals surface area contributed by atoms with Gasteiger partial charge < -0.3 is 9.47 Å². The zero-order valence-corrected chi connectivity index (χ0v) is 9.09. The SMILES string of the molecule is O=Cc1ccccc1OCN1CCOCC1. The highest BCUT2D eigenvalue weighted by molar-refractivity contribution is 5.79. The Bertz CT molecular complexity index is 348. The van der Waals surface area contributed by atoms with Gasteiger partial charge >= 0.3 is 0 Å². The van der Waals surface area contributed by atoms with E-state index >= 15 is 0 Å². The van der Waals surface area contributed by atoms with Crippen molar-refractivity contribution >= 4 is 6.29 Å². The molecular weight excluding hydrogens is 206 g/mol. The molecule has 16 heavy (non-hydrogen) atoms. The zero-order chi connectivity index (χ0) is 11.2. The second-order valence-corrected chi connectivity index (χ2v) is 3.66. The van der Waals surface area contributed by atoms with Gasteiger partial charge in [0.2, 0.25) is 0 Å². The maximum atomic E-state index is 10.8. The molecule has 0 aliphatic carbocycles. The molecule has 0 amide bonds. The Hall–Kier alpha value is -1.39. The highest BCUT2D eigenvalue weighted by atomic mass is 16.5. The largest absolute Gasteiger partial charge is 0.477 e. The van der Waals surface area contributed by atoms with Gasteiger partial charge in [-0.1, -0.05) is 12.1 Å². The van der Waals surface area contributed by atoms with E-state index < -0.39 is 0 Å². The van der Waals surface area contributed by atoms with E-state index in [2.05, 4.69) is 4.90 Å². The summed E-state index contributed by atoms with van der Waals surface area (Å²) >= 11 is 0. The third-order valence-electron chi connectivity index (χ3n) is 2.55. The summed E-state index contributed by atoms with van der Waals surface area (Å²) in [6, 6.07) is 7.25. The Labute approximate surface area is 94.8 Å². The molecular formula is C12H15NO3. The Morgan fingerprint density at radius 2 is 2.06 bits per heavy atom. The normalized spacial score (nSPS) is 17.0. The molecule has 1 aromatic carbocycles. The number of benzene rings is 1. The van der Waals surface area contributed by atoms with E-state index in [0.29, 0.717) is 18.0 Å². The number of nitrogens with zero attached hydrogens (tertiary/aromatic N) is 1. The predicted octanol–water partition coefficient (Wildman–Crippen LogP) is 1.17. The van der Waals surface area contributed by atoms with E-state index in [9.17, 15) is 4.79 Å². The first-order valence-corrected chi connectivity index (χ1v) is 5.37. The Kier molecular flexibility index (Phi) is 3.91. The molecule has 1 saturated heterocycles. The van der Waals surface area contributed by atoms with Gasteiger partial charge in [0, 0.05) is 13.1 Å². The minimum atomic E-state index is 0.508. The Balaban J connectivity index is 1.90. The lowest BCUT2D eigenvalue weighted by molar-refractivity contribution is 0.00395. The standard InChI is InChI=1S/C12H15NO3/c14-9-11-3-1-2-4-12(11)16-10-13-5-7-15-8-6-13/h1-4,9H,5-8,10H2. The van der Waals surface area contributed by atoms with E-state index in [-0.39, 0.29) is 0 Å². The number of ether oxygens (including phenoxy) is 2. The second-order valence-electron chi connectivity index (χ2n) is 3.66. The number of aldehydes is 1. The lowest BCUT2D eigenvalue weighted by Crippen LogP contribution is -2.38. The first-order chi connectivity index (χ1) is 7.90. The smallest absolute Gasteiger partial charge is 0.153 e. The minimum absolute atomic E-state index is 0.508. The van der Waals surface area contributed by atoms with Gasteiger partial charge in [0.1, 0.15) is 12.5 Å². The second kappa shape index (κ2) is 5.63. The van der Waals surface area contributed by atoms with Crippen molar-refractivity contribution in [2.24, 2.45) is 0 Å². The summed E-state index contributed by atoms with van der Waals surface area (Å²) in [7, 11) is 0. The van der Waals surface area contributed by atoms with Crippen LogP contribution in [0.15, 0.2) is 24.3 Å². The molecule has 86 valence electrons. The van der Waals surface area contributed by atoms with Crippen molar-refractivity contribution in [1.82, 2.24) is 4.90 Å². The molecule has 2 rings (SSSR count). The van der Waals surface area contributed by atoms with Crippen molar-refractivity contribution in [3.63, 3.8) is 0 Å². The van der Waals surface area contributed by atoms with Crippen LogP contribution in [0.4, 0.5) is 0 Å². The molecule has 1 fully saturated rings. The third-order valence-corrected chi connectivity index (χ3v) is 2.55. The van der Waals surface area contributed by atoms with Crippen molar-refractivity contribution in [2.75, 3.05) is 33.0 Å². The van der Waals surface area contributed by atoms with Crippen LogP contribution in [-0.2, 0) is 4.74 Å². The molecule has 1 aliphatic rings. The summed E-state index contributed by atoms with van der Waals surface area (Å²) in [4.78, 5) is 12.9. The van der Waals surface area contributed by atoms with Gasteiger partial charge in [-0.2, -0.15) is 0 Å². The fourth-order valence-corrected chi connectivity index (χ4v) is 1.60. The Morgan fingerprint density at radius 1 is 1.31 bits per heavy atom. The van der Waals surface area contributed by atoms with Gasteiger partial charge in [0.05, 0.1) is 18.8 Å². The van der Waals surface area contributed by atoms with E-state index in [1.165, 1.54) is 0 Å². The van der Waals surface area contributed by atoms with Gasteiger partial charge in [-0.3, -0.25) is 9.69 Å². The van der Waals surface area contributed by atoms with Crippen molar-refractivity contribution in [1.29, 1.82) is 0 Å². The van der Waals surface area contributed by atoms with Crippen LogP contribution in [-0.4, -0.2) is 44.2 Å². The van der Waals surface area contributed by atoms with Gasteiger partial charge in [-0.25, -0.2) is 0 Å². The van der Waals surface area contributed by atoms with Crippen LogP contribution in [0, 0.1) is 0 Å². The number of hydrogen-bond donors (Lipinski definition) is 0. The highest BCUT2D eigenvalue weighted by Crippen LogP contribution is 2.15. The summed E-state index contributed by atoms with van der Waals surface area (Å²) in [5, 5.41) is 0. The van der Waals surface area contributed by atoms with Crippen molar-refractivity contribution in [2.45, 2.75) is 0 Å². The molecule has 1 aromatic rings. The maximum absolute atomic E-state index is 10.8. The lowest BCUT2D eigenvalue weighted by Gasteiger charge is -2.26. The molecule has 0 saturated carbocycles. The van der Waals surface area contributed by atoms with Crippen LogP contribution in [0.3, 0.4) is 0 Å². The number of para-hydroxylation sites is 1. The van der Waals surface area contributed by atoms with Crippen LogP contribution in [0.5, 0.6) is 5.75 Å². The third kappa shape index (κ3) is 2.81. The summed E-state index contributed by atoms with van der Waals surface area (Å²) in [5.74, 6) is 0.643. The number of morpholine rings is 1. The fraction of sp³-hybridized carbons (Fsp3) is 0.417. The van der Waals surface area contributed by atoms with Gasteiger partial charge in [-0.15, -0.1) is 0 Å². The minimum Gasteiger partial charge on any atom is -0.477 e. The maximum Gasteiger partial charge on any atom is 0.153 e. The van der Waals surface area contributed by atoms with Crippen LogP contribution >= 0.6 is 0 Å². The van der Waals surface area contributed by atoms with Gasteiger partial charge in [0.15, 0.2) is 6.29 Å². The Morgan fingerprint density at radius 3 is 2.81 bits per heavy atom. The number of carbonyl (C=O) groups excluding carboxylic acids is 1. The molecule has 4 heteroatoms. The topological polar surface area (TPSA) is 38.8 Å². The van der Waals surface area contributed by atoms with Gasteiger partial charge in [0.25, 0.3) is 0 Å². The molecule has 0 aromatic heterocycles. The van der Waals surface area contributed by atoms with E-state index in [1.807, 2.05) is 18.2 Å². The quantitative estimate of drug-likeness (QED) is 0.715. The molecule has 1 aliphatic heterocycles. The zero-order valence-electron chi connectivity index (χ0n) is 9.09. The first-order valence-electron chi connectivity index (χ1n) is 5.37. The monoisotopic (exact) mass is 221 g/mol. The summed E-state index contributed by atoms with van der Waals surface area (Å²) in [5.41, 5.74) is 0.593.